The van der Waals surface area contributed by atoms with Crippen LogP contribution in [0.1, 0.15) is 15.4 Å². The van der Waals surface area contributed by atoms with E-state index in [1.807, 2.05) is 0 Å². The van der Waals surface area contributed by atoms with Crippen molar-refractivity contribution in [1.29, 1.82) is 0 Å². The summed E-state index contributed by atoms with van der Waals surface area (Å²) in [5.41, 5.74) is 8.24. The Kier molecular flexibility index (Phi) is 2.68. The van der Waals surface area contributed by atoms with Gasteiger partial charge < -0.3 is 16.0 Å². The molecule has 2 aromatic heterocycles. The molecule has 0 aliphatic rings. The molecule has 5 nitrogen and oxygen atoms in total. The van der Waals surface area contributed by atoms with Gasteiger partial charge in [-0.3, -0.25) is 9.78 Å². The summed E-state index contributed by atoms with van der Waals surface area (Å²) in [4.78, 5) is 19.3. The Bertz CT molecular complexity index is 448. The predicted octanol–water partition coefficient (Wildman–Crippen LogP) is 0.983. The standard InChI is InChI=1S/C9H10N4OS/c10-6-1-8(12-2-6)9(14)13-4-7-3-11-5-15-7/h1-3,5,12H,4,10H2,(H,13,14). The summed E-state index contributed by atoms with van der Waals surface area (Å²) in [6.45, 7) is 0.489. The maximum atomic E-state index is 11.5. The molecular weight excluding hydrogens is 212 g/mol. The lowest BCUT2D eigenvalue weighted by Crippen LogP contribution is -2.22. The molecule has 0 saturated heterocycles. The minimum absolute atomic E-state index is 0.167. The lowest BCUT2D eigenvalue weighted by molar-refractivity contribution is 0.0947. The van der Waals surface area contributed by atoms with Crippen molar-refractivity contribution in [1.82, 2.24) is 15.3 Å². The second kappa shape index (κ2) is 4.14. The Labute approximate surface area is 90.3 Å². The van der Waals surface area contributed by atoms with Crippen molar-refractivity contribution < 1.29 is 4.79 Å². The number of rotatable bonds is 3. The summed E-state index contributed by atoms with van der Waals surface area (Å²) >= 11 is 1.50. The van der Waals surface area contributed by atoms with Gasteiger partial charge in [0.15, 0.2) is 0 Å². The maximum Gasteiger partial charge on any atom is 0.268 e. The van der Waals surface area contributed by atoms with E-state index in [4.69, 9.17) is 5.73 Å². The fourth-order valence-electron chi connectivity index (χ4n) is 1.13. The van der Waals surface area contributed by atoms with Gasteiger partial charge in [-0.05, 0) is 6.07 Å². The van der Waals surface area contributed by atoms with Crippen LogP contribution in [0, 0.1) is 0 Å². The van der Waals surface area contributed by atoms with Crippen LogP contribution < -0.4 is 11.1 Å². The Morgan fingerprint density at radius 1 is 1.67 bits per heavy atom. The van der Waals surface area contributed by atoms with Gasteiger partial charge in [0.05, 0.1) is 12.1 Å². The van der Waals surface area contributed by atoms with Crippen LogP contribution in [-0.2, 0) is 6.54 Å². The molecule has 0 saturated carbocycles. The fraction of sp³-hybridized carbons (Fsp3) is 0.111. The number of aromatic amines is 1. The lowest BCUT2D eigenvalue weighted by atomic mass is 10.4. The number of carbonyl (C=O) groups excluding carboxylic acids is 1. The van der Waals surface area contributed by atoms with Gasteiger partial charge in [0.1, 0.15) is 5.69 Å². The fourth-order valence-corrected chi connectivity index (χ4v) is 1.67. The van der Waals surface area contributed by atoms with Crippen LogP contribution in [0.2, 0.25) is 0 Å². The molecule has 0 aromatic carbocycles. The Morgan fingerprint density at radius 3 is 3.13 bits per heavy atom. The molecule has 2 rings (SSSR count). The molecule has 0 fully saturated rings. The minimum atomic E-state index is -0.167. The van der Waals surface area contributed by atoms with Crippen LogP contribution in [0.3, 0.4) is 0 Å². The highest BCUT2D eigenvalue weighted by Crippen LogP contribution is 2.07. The van der Waals surface area contributed by atoms with E-state index in [2.05, 4.69) is 15.3 Å². The van der Waals surface area contributed by atoms with Gasteiger partial charge in [-0.25, -0.2) is 0 Å². The predicted molar refractivity (Wildman–Crippen MR) is 58.5 cm³/mol. The third-order valence-electron chi connectivity index (χ3n) is 1.86. The molecular formula is C9H10N4OS. The molecule has 0 unspecified atom stereocenters. The number of amides is 1. The molecule has 0 bridgehead atoms. The summed E-state index contributed by atoms with van der Waals surface area (Å²) < 4.78 is 0. The topological polar surface area (TPSA) is 83.8 Å². The van der Waals surface area contributed by atoms with Crippen LogP contribution >= 0.6 is 11.3 Å². The highest BCUT2D eigenvalue weighted by molar-refractivity contribution is 7.09. The number of H-pyrrole nitrogens is 1. The maximum absolute atomic E-state index is 11.5. The Hall–Kier alpha value is -1.82. The summed E-state index contributed by atoms with van der Waals surface area (Å²) in [7, 11) is 0. The van der Waals surface area contributed by atoms with Crippen LogP contribution in [0.15, 0.2) is 24.0 Å². The van der Waals surface area contributed by atoms with E-state index in [1.54, 1.807) is 24.0 Å². The second-order valence-electron chi connectivity index (χ2n) is 3.00. The highest BCUT2D eigenvalue weighted by Gasteiger charge is 2.07. The molecule has 2 heterocycles. The van der Waals surface area contributed by atoms with E-state index in [-0.39, 0.29) is 5.91 Å². The molecule has 0 aliphatic heterocycles. The zero-order valence-corrected chi connectivity index (χ0v) is 8.67. The number of thiazole rings is 1. The van der Waals surface area contributed by atoms with E-state index in [9.17, 15) is 4.79 Å². The Morgan fingerprint density at radius 2 is 2.53 bits per heavy atom. The average Bonchev–Trinajstić information content (AvgIpc) is 2.84. The SMILES string of the molecule is Nc1c[nH]c(C(=O)NCc2cncs2)c1. The number of nitrogen functional groups attached to an aromatic ring is 1. The van der Waals surface area contributed by atoms with Crippen molar-refractivity contribution in [3.63, 3.8) is 0 Å². The minimum Gasteiger partial charge on any atom is -0.397 e. The van der Waals surface area contributed by atoms with Crippen molar-refractivity contribution >= 4 is 22.9 Å². The summed E-state index contributed by atoms with van der Waals surface area (Å²) in [6.07, 6.45) is 3.32. The average molecular weight is 222 g/mol. The number of nitrogens with zero attached hydrogens (tertiary/aromatic N) is 1. The first-order valence-corrected chi connectivity index (χ1v) is 5.23. The molecule has 2 aromatic rings. The van der Waals surface area contributed by atoms with Crippen molar-refractivity contribution in [2.24, 2.45) is 0 Å². The number of hydrogen-bond donors (Lipinski definition) is 3. The molecule has 6 heteroatoms. The van der Waals surface area contributed by atoms with Gasteiger partial charge in [0, 0.05) is 23.0 Å². The third-order valence-corrected chi connectivity index (χ3v) is 2.64. The third kappa shape index (κ3) is 2.35. The largest absolute Gasteiger partial charge is 0.397 e. The quantitative estimate of drug-likeness (QED) is 0.724. The van der Waals surface area contributed by atoms with Gasteiger partial charge in [-0.1, -0.05) is 0 Å². The van der Waals surface area contributed by atoms with E-state index in [0.29, 0.717) is 17.9 Å². The number of aromatic nitrogens is 2. The Balaban J connectivity index is 1.93. The summed E-state index contributed by atoms with van der Waals surface area (Å²) in [5, 5.41) is 2.76. The lowest BCUT2D eigenvalue weighted by Gasteiger charge is -2.00. The van der Waals surface area contributed by atoms with Gasteiger partial charge in [0.2, 0.25) is 0 Å². The van der Waals surface area contributed by atoms with Crippen LogP contribution in [0.25, 0.3) is 0 Å². The smallest absolute Gasteiger partial charge is 0.268 e. The van der Waals surface area contributed by atoms with Gasteiger partial charge in [-0.2, -0.15) is 0 Å². The highest BCUT2D eigenvalue weighted by atomic mass is 32.1. The molecule has 0 aliphatic carbocycles. The first-order chi connectivity index (χ1) is 7.25. The zero-order valence-electron chi connectivity index (χ0n) is 7.86. The number of nitrogens with one attached hydrogen (secondary N) is 2. The normalized spacial score (nSPS) is 10.1. The number of anilines is 1. The molecule has 4 N–H and O–H groups in total. The first kappa shape index (κ1) is 9.72. The van der Waals surface area contributed by atoms with E-state index >= 15 is 0 Å². The molecule has 0 atom stereocenters. The van der Waals surface area contributed by atoms with Gasteiger partial charge >= 0.3 is 0 Å². The van der Waals surface area contributed by atoms with Crippen LogP contribution in [0.5, 0.6) is 0 Å². The first-order valence-electron chi connectivity index (χ1n) is 4.35. The summed E-state index contributed by atoms with van der Waals surface area (Å²) in [6, 6.07) is 1.60. The molecule has 15 heavy (non-hydrogen) atoms. The van der Waals surface area contributed by atoms with Gasteiger partial charge in [0.25, 0.3) is 5.91 Å². The summed E-state index contributed by atoms with van der Waals surface area (Å²) in [5.74, 6) is -0.167. The molecule has 78 valence electrons. The van der Waals surface area contributed by atoms with Crippen molar-refractivity contribution in [3.8, 4) is 0 Å². The van der Waals surface area contributed by atoms with E-state index in [0.717, 1.165) is 4.88 Å². The zero-order chi connectivity index (χ0) is 10.7. The molecule has 1 amide bonds. The van der Waals surface area contributed by atoms with Crippen LogP contribution in [0.4, 0.5) is 5.69 Å². The van der Waals surface area contributed by atoms with Crippen molar-refractivity contribution in [3.05, 3.63) is 34.5 Å². The number of carbonyl (C=O) groups is 1. The van der Waals surface area contributed by atoms with Crippen LogP contribution in [-0.4, -0.2) is 15.9 Å². The van der Waals surface area contributed by atoms with Crippen molar-refractivity contribution in [2.45, 2.75) is 6.54 Å². The number of nitrogens with two attached hydrogens (primary N) is 1. The molecule has 0 spiro atoms. The monoisotopic (exact) mass is 222 g/mol. The second-order valence-corrected chi connectivity index (χ2v) is 3.97. The van der Waals surface area contributed by atoms with Gasteiger partial charge in [-0.15, -0.1) is 11.3 Å². The van der Waals surface area contributed by atoms with Crippen molar-refractivity contribution in [2.75, 3.05) is 5.73 Å². The van der Waals surface area contributed by atoms with E-state index < -0.39 is 0 Å². The molecule has 0 radical (unpaired) electrons. The van der Waals surface area contributed by atoms with E-state index in [1.165, 1.54) is 11.3 Å². The number of hydrogen-bond acceptors (Lipinski definition) is 4.